The average molecular weight is 503 g/mol. The molecular weight excluding hydrogens is 488 g/mol. The van der Waals surface area contributed by atoms with Crippen LogP contribution in [0.15, 0.2) is 33.8 Å². The van der Waals surface area contributed by atoms with Gasteiger partial charge in [0, 0.05) is 11.6 Å². The number of rotatable bonds is 7. The second-order valence-electron chi connectivity index (χ2n) is 6.30. The van der Waals surface area contributed by atoms with Crippen molar-refractivity contribution in [2.45, 2.75) is 12.6 Å². The van der Waals surface area contributed by atoms with Gasteiger partial charge in [0.25, 0.3) is 5.66 Å². The van der Waals surface area contributed by atoms with Crippen molar-refractivity contribution < 1.29 is 27.2 Å². The molecule has 1 aromatic carbocycles. The Morgan fingerprint density at radius 1 is 1.44 bits per heavy atom. The summed E-state index contributed by atoms with van der Waals surface area (Å²) < 4.78 is 53.5. The molecule has 0 aliphatic heterocycles. The van der Waals surface area contributed by atoms with Crippen molar-refractivity contribution in [1.82, 2.24) is 10.1 Å². The van der Waals surface area contributed by atoms with E-state index in [0.717, 1.165) is 24.5 Å². The number of anilines is 1. The first kappa shape index (κ1) is 23.9. The van der Waals surface area contributed by atoms with E-state index in [0.29, 0.717) is 11.9 Å². The van der Waals surface area contributed by atoms with E-state index < -0.39 is 40.0 Å². The molecule has 0 saturated heterocycles. The summed E-state index contributed by atoms with van der Waals surface area (Å²) in [5.74, 6) is -2.40. The molecule has 7 nitrogen and oxygen atoms in total. The van der Waals surface area contributed by atoms with Gasteiger partial charge in [-0.3, -0.25) is 0 Å². The van der Waals surface area contributed by atoms with Gasteiger partial charge in [-0.15, -0.1) is 11.3 Å². The number of ether oxygens (including phenoxy) is 1. The number of thiazole rings is 1. The van der Waals surface area contributed by atoms with Gasteiger partial charge in [-0.05, 0) is 19.1 Å². The lowest BCUT2D eigenvalue weighted by Gasteiger charge is -2.18. The van der Waals surface area contributed by atoms with Crippen molar-refractivity contribution in [1.29, 1.82) is 5.41 Å². The highest BCUT2D eigenvalue weighted by Gasteiger charge is 2.37. The summed E-state index contributed by atoms with van der Waals surface area (Å²) in [6.07, 6.45) is 0.556. The molecule has 0 spiro atoms. The van der Waals surface area contributed by atoms with Crippen LogP contribution >= 0.6 is 32.2 Å². The molecule has 168 valence electrons. The molecule has 0 bridgehead atoms. The number of esters is 1. The fourth-order valence-electron chi connectivity index (χ4n) is 2.76. The van der Waals surface area contributed by atoms with Crippen LogP contribution in [0.1, 0.15) is 21.8 Å². The van der Waals surface area contributed by atoms with E-state index in [2.05, 4.69) is 15.5 Å². The van der Waals surface area contributed by atoms with E-state index >= 15 is 0 Å². The van der Waals surface area contributed by atoms with Crippen LogP contribution in [0.2, 0.25) is 5.02 Å². The predicted molar refractivity (Wildman–Crippen MR) is 119 cm³/mol. The molecule has 3 aromatic rings. The van der Waals surface area contributed by atoms with Crippen molar-refractivity contribution >= 4 is 55.1 Å². The van der Waals surface area contributed by atoms with Crippen LogP contribution in [0, 0.1) is 18.2 Å². The number of aryl methyl sites for hydroxylation is 1. The Morgan fingerprint density at radius 3 is 2.69 bits per heavy atom. The zero-order chi connectivity index (χ0) is 23.6. The van der Waals surface area contributed by atoms with Crippen LogP contribution in [-0.2, 0) is 4.74 Å². The van der Waals surface area contributed by atoms with Gasteiger partial charge in [-0.1, -0.05) is 32.1 Å². The maximum Gasteiger partial charge on any atom is 0.344 e. The lowest BCUT2D eigenvalue weighted by atomic mass is 10.0. The molecule has 1 atom stereocenters. The number of benzene rings is 1. The highest BCUT2D eigenvalue weighted by molar-refractivity contribution is 7.18. The van der Waals surface area contributed by atoms with Crippen molar-refractivity contribution in [3.63, 3.8) is 0 Å². The molecule has 3 rings (SSSR count). The number of alkyl halides is 2. The summed E-state index contributed by atoms with van der Waals surface area (Å²) in [6.45, 7) is 1.68. The molecule has 2 aromatic heterocycles. The molecule has 32 heavy (non-hydrogen) atoms. The number of hydrogen-bond acceptors (Lipinski definition) is 8. The van der Waals surface area contributed by atoms with Gasteiger partial charge < -0.3 is 20.0 Å². The fourth-order valence-corrected chi connectivity index (χ4v) is 3.93. The molecule has 0 aliphatic rings. The Labute approximate surface area is 191 Å². The first-order valence-electron chi connectivity index (χ1n) is 8.72. The SMILES string of the molecule is COC(=O)c1c(-c2c(F)cccc2Cl)noc1/C(C=N)=C(/Nc1nc(C)cs1)C(F)(F)P. The number of nitrogens with zero attached hydrogens (tertiary/aromatic N) is 2. The zero-order valence-corrected chi connectivity index (χ0v) is 19.2. The fraction of sp³-hybridized carbons (Fsp3) is 0.158. The molecule has 0 radical (unpaired) electrons. The number of aromatic nitrogens is 2. The van der Waals surface area contributed by atoms with E-state index in [1.165, 1.54) is 21.4 Å². The lowest BCUT2D eigenvalue weighted by Crippen LogP contribution is -2.20. The molecular formula is C19H15ClF3N4O3PS. The number of halogens is 4. The number of hydrogen-bond donors (Lipinski definition) is 2. The number of carbonyl (C=O) groups excluding carboxylic acids is 1. The molecule has 13 heteroatoms. The van der Waals surface area contributed by atoms with E-state index in [9.17, 15) is 18.0 Å². The van der Waals surface area contributed by atoms with Crippen molar-refractivity contribution in [3.05, 3.63) is 57.1 Å². The maximum atomic E-state index is 14.5. The molecule has 0 aliphatic carbocycles. The minimum Gasteiger partial charge on any atom is -0.465 e. The first-order chi connectivity index (χ1) is 15.1. The standard InChI is InChI=1S/C19H15ClF3N4O3PS/c1-8-7-32-18(25-8)26-16(19(22,23)31)9(6-24)15-13(17(28)29-2)14(27-30-15)12-10(20)4-3-5-11(12)21/h3-7,24H,31H2,1-2H3,(H,25,26)/b16-9+,24-6?. The molecule has 0 saturated carbocycles. The summed E-state index contributed by atoms with van der Waals surface area (Å²) >= 11 is 7.14. The number of methoxy groups -OCH3 is 1. The van der Waals surface area contributed by atoms with Gasteiger partial charge in [0.1, 0.15) is 22.8 Å². The maximum absolute atomic E-state index is 14.5. The van der Waals surface area contributed by atoms with Crippen LogP contribution in [-0.4, -0.2) is 35.1 Å². The largest absolute Gasteiger partial charge is 0.465 e. The van der Waals surface area contributed by atoms with Gasteiger partial charge in [0.2, 0.25) is 0 Å². The summed E-state index contributed by atoms with van der Waals surface area (Å²) in [6, 6.07) is 3.78. The average Bonchev–Trinajstić information content (AvgIpc) is 3.33. The molecule has 0 amide bonds. The zero-order valence-electron chi connectivity index (χ0n) is 16.5. The van der Waals surface area contributed by atoms with Crippen molar-refractivity contribution in [3.8, 4) is 11.3 Å². The third kappa shape index (κ3) is 4.69. The van der Waals surface area contributed by atoms with Crippen LogP contribution < -0.4 is 5.32 Å². The third-order valence-corrected chi connectivity index (χ3v) is 5.60. The lowest BCUT2D eigenvalue weighted by molar-refractivity contribution is 0.0600. The molecule has 0 fully saturated rings. The van der Waals surface area contributed by atoms with Crippen LogP contribution in [0.3, 0.4) is 0 Å². The molecule has 2 N–H and O–H groups in total. The van der Waals surface area contributed by atoms with E-state index in [4.69, 9.17) is 26.3 Å². The minimum atomic E-state index is -3.59. The molecule has 2 heterocycles. The van der Waals surface area contributed by atoms with Gasteiger partial charge in [0.15, 0.2) is 10.9 Å². The predicted octanol–water partition coefficient (Wildman–Crippen LogP) is 5.63. The van der Waals surface area contributed by atoms with E-state index in [1.54, 1.807) is 12.3 Å². The van der Waals surface area contributed by atoms with Crippen LogP contribution in [0.5, 0.6) is 0 Å². The Bertz CT molecular complexity index is 1200. The summed E-state index contributed by atoms with van der Waals surface area (Å²) in [4.78, 5) is 16.6. The second-order valence-corrected chi connectivity index (χ2v) is 8.29. The summed E-state index contributed by atoms with van der Waals surface area (Å²) in [7, 11) is 2.38. The van der Waals surface area contributed by atoms with Gasteiger partial charge in [-0.25, -0.2) is 14.2 Å². The Balaban J connectivity index is 2.31. The number of allylic oxidation sites excluding steroid dienone is 2. The van der Waals surface area contributed by atoms with Gasteiger partial charge in [-0.2, -0.15) is 8.78 Å². The van der Waals surface area contributed by atoms with Crippen LogP contribution in [0.25, 0.3) is 16.8 Å². The minimum absolute atomic E-state index is 0.0941. The Morgan fingerprint density at radius 2 is 2.16 bits per heavy atom. The summed E-state index contributed by atoms with van der Waals surface area (Å²) in [5.41, 5.74) is -5.44. The highest BCUT2D eigenvalue weighted by Crippen LogP contribution is 2.40. The quantitative estimate of drug-likeness (QED) is 0.247. The normalized spacial score (nSPS) is 12.3. The number of nitrogens with one attached hydrogen (secondary N) is 2. The van der Waals surface area contributed by atoms with Gasteiger partial charge in [0.05, 0.1) is 29.0 Å². The first-order valence-corrected chi connectivity index (χ1v) is 10.6. The summed E-state index contributed by atoms with van der Waals surface area (Å²) in [5, 5.41) is 15.6. The monoisotopic (exact) mass is 502 g/mol. The molecule has 1 unspecified atom stereocenters. The van der Waals surface area contributed by atoms with Crippen molar-refractivity contribution in [2.75, 3.05) is 12.4 Å². The van der Waals surface area contributed by atoms with Gasteiger partial charge >= 0.3 is 5.97 Å². The Kier molecular flexibility index (Phi) is 7.02. The van der Waals surface area contributed by atoms with Crippen molar-refractivity contribution in [2.24, 2.45) is 0 Å². The Hall–Kier alpha value is -2.75. The van der Waals surface area contributed by atoms with Crippen LogP contribution in [0.4, 0.5) is 18.3 Å². The van der Waals surface area contributed by atoms with E-state index in [-0.39, 0.29) is 21.4 Å². The highest BCUT2D eigenvalue weighted by atomic mass is 35.5. The number of carbonyl (C=O) groups is 1. The topological polar surface area (TPSA) is 101 Å². The second kappa shape index (κ2) is 9.40. The third-order valence-electron chi connectivity index (χ3n) is 4.12. The van der Waals surface area contributed by atoms with E-state index in [1.807, 2.05) is 0 Å². The smallest absolute Gasteiger partial charge is 0.344 e.